The van der Waals surface area contributed by atoms with Crippen LogP contribution in [-0.2, 0) is 0 Å². The quantitative estimate of drug-likeness (QED) is 0.0849. The molecule has 13 nitrogen and oxygen atoms in total. The number of non-ortho nitro benzene ring substituents is 1. The van der Waals surface area contributed by atoms with Gasteiger partial charge in [0.05, 0.1) is 4.92 Å². The lowest BCUT2D eigenvalue weighted by Crippen LogP contribution is -2.15. The minimum absolute atomic E-state index is 0.0947. The maximum absolute atomic E-state index is 10.7. The van der Waals surface area contributed by atoms with Crippen LogP contribution in [0.4, 0.5) is 34.1 Å². The van der Waals surface area contributed by atoms with Gasteiger partial charge in [-0.05, 0) is 54.6 Å². The van der Waals surface area contributed by atoms with E-state index in [0.29, 0.717) is 63.2 Å². The van der Waals surface area contributed by atoms with Crippen molar-refractivity contribution in [2.45, 2.75) is 145 Å². The van der Waals surface area contributed by atoms with E-state index in [1.54, 1.807) is 12.1 Å². The standard InChI is InChI=1S/C17H17N2O3.C17H24NO.2C12H16NO.C11H14NO/c1-12(2)15-4-3-5-16-17(15)22-11-18(16)10-13-6-8-14(9-7-13)19(20)21;1-13(2)15-9-6-10-16-17(15)19-12-18(16)11-14-7-4-3-5-8-14;2*1-4-13-8-14-12-10(9(2)3)6-5-7-11(12)13;1-8(2)9-5-4-6-10-11(9)13-7-12(10)3/h3-10,12H,11H2,1-2H3;6,9-11,13-14H,3-5,7-8,12H2,1-2H3;2*4-7,9H,8H2,1-3H3;4-6,8H,3,7H2,1-2H3/q5*+1/b18-10-;18-11-;2*13-4-;. The Balaban J connectivity index is 0.000000136. The summed E-state index contributed by atoms with van der Waals surface area (Å²) in [5.74, 6) is 8.34. The summed E-state index contributed by atoms with van der Waals surface area (Å²) in [6.07, 6.45) is 15.3. The molecule has 0 unspecified atom stereocenters. The molecule has 0 aromatic heterocycles. The number of benzene rings is 6. The third-order valence-electron chi connectivity index (χ3n) is 15.6. The van der Waals surface area contributed by atoms with Gasteiger partial charge in [0.2, 0.25) is 28.7 Å². The Labute approximate surface area is 486 Å². The second-order valence-corrected chi connectivity index (χ2v) is 23.1. The van der Waals surface area contributed by atoms with Crippen LogP contribution >= 0.6 is 0 Å². The average Bonchev–Trinajstić information content (AvgIpc) is 4.54. The highest BCUT2D eigenvalue weighted by Crippen LogP contribution is 2.43. The van der Waals surface area contributed by atoms with Crippen molar-refractivity contribution in [3.05, 3.63) is 159 Å². The number of nitrogens with zero attached hydrogens (tertiary/aromatic N) is 6. The Bertz CT molecular complexity index is 3290. The first-order valence-corrected chi connectivity index (χ1v) is 29.5. The van der Waals surface area contributed by atoms with E-state index >= 15 is 0 Å². The van der Waals surface area contributed by atoms with E-state index in [-0.39, 0.29) is 5.69 Å². The Morgan fingerprint density at radius 3 is 1.16 bits per heavy atom. The van der Waals surface area contributed by atoms with Crippen LogP contribution < -0.4 is 23.7 Å². The van der Waals surface area contributed by atoms with Gasteiger partial charge in [-0.2, -0.15) is 22.9 Å². The SMILES string of the molecule is C/C=[N+]1/COc2c(C(C)C)cccc21.C/C=[N+]1/COc2c(C(C)C)cccc21.C=[N+]1COc2c(C(C)C)cccc21.CC(C)c1cccc2c1OC/[N+]2=C/C1CCCCC1.CC(C)c1cccc2c1OC/[N+]2=C/c1ccc([N+](=O)[O-])cc1. The molecule has 1 fully saturated rings. The van der Waals surface area contributed by atoms with Crippen molar-refractivity contribution in [3.8, 4) is 28.7 Å². The van der Waals surface area contributed by atoms with Crippen molar-refractivity contribution >= 4 is 65.7 Å². The molecular weight excluding hydrogens is 1020 g/mol. The molecule has 6 aromatic rings. The highest BCUT2D eigenvalue weighted by molar-refractivity contribution is 5.78. The van der Waals surface area contributed by atoms with Crippen molar-refractivity contribution in [3.63, 3.8) is 0 Å². The third kappa shape index (κ3) is 14.0. The topological polar surface area (TPSA) is 104 Å². The van der Waals surface area contributed by atoms with E-state index in [0.717, 1.165) is 51.6 Å². The maximum atomic E-state index is 10.7. The van der Waals surface area contributed by atoms with Gasteiger partial charge in [0.15, 0.2) is 12.4 Å². The van der Waals surface area contributed by atoms with Gasteiger partial charge in [-0.3, -0.25) is 10.1 Å². The first-order valence-electron chi connectivity index (χ1n) is 29.5. The molecule has 0 amide bonds. The van der Waals surface area contributed by atoms with E-state index in [4.69, 9.17) is 23.7 Å². The number of para-hydroxylation sites is 5. The van der Waals surface area contributed by atoms with Gasteiger partial charge < -0.3 is 23.7 Å². The fraction of sp³-hybridized carbons (Fsp3) is 0.406. The maximum Gasteiger partial charge on any atom is 0.293 e. The minimum Gasteiger partial charge on any atom is -0.429 e. The summed E-state index contributed by atoms with van der Waals surface area (Å²) in [4.78, 5) is 10.3. The van der Waals surface area contributed by atoms with Gasteiger partial charge in [-0.1, -0.05) is 149 Å². The van der Waals surface area contributed by atoms with E-state index < -0.39 is 4.92 Å². The molecule has 5 heterocycles. The Morgan fingerprint density at radius 2 is 0.780 bits per heavy atom. The minimum atomic E-state index is -0.396. The lowest BCUT2D eigenvalue weighted by Gasteiger charge is -2.15. The Kier molecular flexibility index (Phi) is 20.3. The van der Waals surface area contributed by atoms with Gasteiger partial charge in [-0.15, -0.1) is 0 Å². The Morgan fingerprint density at radius 1 is 0.451 bits per heavy atom. The van der Waals surface area contributed by atoms with Crippen LogP contribution in [0.25, 0.3) is 0 Å². The normalized spacial score (nSPS) is 17.3. The molecule has 1 aliphatic carbocycles. The fourth-order valence-electron chi connectivity index (χ4n) is 11.0. The monoisotopic (exact) mass is 1110 g/mol. The van der Waals surface area contributed by atoms with Crippen LogP contribution in [0.2, 0.25) is 0 Å². The molecule has 1 saturated carbocycles. The largest absolute Gasteiger partial charge is 0.429 e. The Hall–Kier alpha value is -7.93. The third-order valence-corrected chi connectivity index (χ3v) is 15.6. The van der Waals surface area contributed by atoms with Crippen molar-refractivity contribution in [2.75, 3.05) is 33.7 Å². The number of nitro benzene ring substituents is 1. The number of rotatable bonds is 8. The lowest BCUT2D eigenvalue weighted by atomic mass is 9.90. The molecule has 0 bridgehead atoms. The van der Waals surface area contributed by atoms with Crippen LogP contribution in [-0.4, -0.2) is 93.0 Å². The van der Waals surface area contributed by atoms with Crippen molar-refractivity contribution in [1.82, 2.24) is 0 Å². The summed E-state index contributed by atoms with van der Waals surface area (Å²) in [6, 6.07) is 38.1. The second kappa shape index (κ2) is 27.7. The van der Waals surface area contributed by atoms with Gasteiger partial charge in [0, 0.05) is 95.6 Å². The van der Waals surface area contributed by atoms with Gasteiger partial charge >= 0.3 is 0 Å². The van der Waals surface area contributed by atoms with Crippen molar-refractivity contribution in [2.24, 2.45) is 5.92 Å². The average molecular weight is 1110 g/mol. The van der Waals surface area contributed by atoms with E-state index in [2.05, 4.69) is 181 Å². The van der Waals surface area contributed by atoms with Crippen molar-refractivity contribution in [1.29, 1.82) is 0 Å². The van der Waals surface area contributed by atoms with E-state index in [1.807, 2.05) is 47.4 Å². The van der Waals surface area contributed by atoms with Crippen LogP contribution in [0.5, 0.6) is 28.7 Å². The number of nitro groups is 1. The molecule has 12 rings (SSSR count). The highest BCUT2D eigenvalue weighted by Gasteiger charge is 2.33. The molecule has 6 aliphatic rings. The molecule has 82 heavy (non-hydrogen) atoms. The first-order chi connectivity index (χ1) is 39.5. The van der Waals surface area contributed by atoms with Crippen LogP contribution in [0, 0.1) is 16.0 Å². The number of fused-ring (bicyclic) bond motifs is 5. The van der Waals surface area contributed by atoms with Gasteiger partial charge in [0.25, 0.3) is 67.8 Å². The number of ether oxygens (including phenoxy) is 5. The molecule has 5 aliphatic heterocycles. The van der Waals surface area contributed by atoms with Crippen LogP contribution in [0.3, 0.4) is 0 Å². The van der Waals surface area contributed by atoms with E-state index in [1.165, 1.54) is 89.1 Å². The fourth-order valence-corrected chi connectivity index (χ4v) is 11.0. The van der Waals surface area contributed by atoms with Crippen molar-refractivity contribution < 1.29 is 51.5 Å². The summed E-state index contributed by atoms with van der Waals surface area (Å²) < 4.78 is 39.2. The van der Waals surface area contributed by atoms with Crippen LogP contribution in [0.1, 0.15) is 178 Å². The molecular formula is C69H87N6O7+5. The molecule has 0 radical (unpaired) electrons. The van der Waals surface area contributed by atoms with E-state index in [9.17, 15) is 10.1 Å². The predicted octanol–water partition coefficient (Wildman–Crippen LogP) is 16.6. The molecule has 430 valence electrons. The van der Waals surface area contributed by atoms with Gasteiger partial charge in [0.1, 0.15) is 19.1 Å². The zero-order valence-electron chi connectivity index (χ0n) is 50.6. The zero-order chi connectivity index (χ0) is 58.6. The molecule has 0 atom stereocenters. The number of hydrogen-bond donors (Lipinski definition) is 0. The molecule has 0 N–H and O–H groups in total. The van der Waals surface area contributed by atoms with Crippen LogP contribution in [0.15, 0.2) is 115 Å². The zero-order valence-corrected chi connectivity index (χ0v) is 50.6. The summed E-state index contributed by atoms with van der Waals surface area (Å²) in [6.45, 7) is 32.8. The second-order valence-electron chi connectivity index (χ2n) is 23.1. The first kappa shape index (κ1) is 60.2. The molecule has 0 saturated heterocycles. The lowest BCUT2D eigenvalue weighted by molar-refractivity contribution is -0.455. The molecule has 6 aromatic carbocycles. The summed E-state index contributed by atoms with van der Waals surface area (Å²) in [5.41, 5.74) is 13.2. The summed E-state index contributed by atoms with van der Waals surface area (Å²) in [7, 11) is 0. The smallest absolute Gasteiger partial charge is 0.293 e. The summed E-state index contributed by atoms with van der Waals surface area (Å²) in [5, 5.41) is 10.7. The predicted molar refractivity (Wildman–Crippen MR) is 331 cm³/mol. The molecule has 13 heteroatoms. The highest BCUT2D eigenvalue weighted by atomic mass is 16.6. The number of hydrogen-bond acceptors (Lipinski definition) is 7. The summed E-state index contributed by atoms with van der Waals surface area (Å²) >= 11 is 0. The molecule has 0 spiro atoms. The van der Waals surface area contributed by atoms with Gasteiger partial charge in [-0.25, -0.2) is 0 Å².